The summed E-state index contributed by atoms with van der Waals surface area (Å²) in [6, 6.07) is 5.72. The van der Waals surface area contributed by atoms with Gasteiger partial charge in [-0.15, -0.1) is 0 Å². The molecule has 3 N–H and O–H groups in total. The van der Waals surface area contributed by atoms with Crippen LogP contribution in [0.5, 0.6) is 0 Å². The highest BCUT2D eigenvalue weighted by Gasteiger charge is 2.37. The molecule has 2 rings (SSSR count). The second-order valence-electron chi connectivity index (χ2n) is 5.35. The maximum Gasteiger partial charge on any atom is 0.251 e. The van der Waals surface area contributed by atoms with Crippen LogP contribution in [-0.2, 0) is 10.0 Å². The third-order valence-corrected chi connectivity index (χ3v) is 5.46. The van der Waals surface area contributed by atoms with Crippen molar-refractivity contribution in [2.75, 3.05) is 13.7 Å². The van der Waals surface area contributed by atoms with Gasteiger partial charge in [-0.3, -0.25) is 4.79 Å². The molecule has 0 spiro atoms. The summed E-state index contributed by atoms with van der Waals surface area (Å²) in [4.78, 5) is 11.5. The Kier molecular flexibility index (Phi) is 4.65. The van der Waals surface area contributed by atoms with Crippen molar-refractivity contribution in [3.63, 3.8) is 0 Å². The van der Waals surface area contributed by atoms with Crippen LogP contribution in [0.3, 0.4) is 0 Å². The summed E-state index contributed by atoms with van der Waals surface area (Å²) in [6.07, 6.45) is 3.08. The number of nitrogens with one attached hydrogen (secondary N) is 2. The largest absolute Gasteiger partial charge is 0.394 e. The molecule has 21 heavy (non-hydrogen) atoms. The first kappa shape index (κ1) is 15.9. The minimum atomic E-state index is -3.71. The Labute approximate surface area is 124 Å². The van der Waals surface area contributed by atoms with Crippen LogP contribution < -0.4 is 10.0 Å². The molecule has 1 aliphatic carbocycles. The highest BCUT2D eigenvalue weighted by Crippen LogP contribution is 2.30. The van der Waals surface area contributed by atoms with Crippen molar-refractivity contribution in [1.82, 2.24) is 10.0 Å². The fraction of sp³-hybridized carbons (Fsp3) is 0.500. The lowest BCUT2D eigenvalue weighted by atomic mass is 10.0. The standard InChI is InChI=1S/C14H20N2O4S/c1-15-13(18)11-4-6-12(7-5-11)21(19,20)16-14(10-17)8-2-3-9-14/h4-7,16-17H,2-3,8-10H2,1H3,(H,15,18). The predicted molar refractivity (Wildman–Crippen MR) is 78.4 cm³/mol. The van der Waals surface area contributed by atoms with E-state index in [0.29, 0.717) is 18.4 Å². The molecule has 116 valence electrons. The molecular formula is C14H20N2O4S. The lowest BCUT2D eigenvalue weighted by Crippen LogP contribution is -2.49. The molecule has 1 aromatic carbocycles. The molecule has 0 bridgehead atoms. The minimum Gasteiger partial charge on any atom is -0.394 e. The molecule has 1 amide bonds. The Hall–Kier alpha value is -1.44. The van der Waals surface area contributed by atoms with E-state index in [-0.39, 0.29) is 17.4 Å². The van der Waals surface area contributed by atoms with Crippen molar-refractivity contribution in [2.45, 2.75) is 36.1 Å². The third-order valence-electron chi connectivity index (χ3n) is 3.87. The van der Waals surface area contributed by atoms with E-state index >= 15 is 0 Å². The number of aliphatic hydroxyl groups is 1. The molecule has 0 saturated heterocycles. The third kappa shape index (κ3) is 3.42. The summed E-state index contributed by atoms with van der Waals surface area (Å²) in [5.41, 5.74) is -0.354. The molecule has 1 aromatic rings. The van der Waals surface area contributed by atoms with Gasteiger partial charge < -0.3 is 10.4 Å². The van der Waals surface area contributed by atoms with E-state index in [2.05, 4.69) is 10.0 Å². The first-order chi connectivity index (χ1) is 9.92. The molecule has 7 heteroatoms. The Morgan fingerprint density at radius 1 is 1.24 bits per heavy atom. The Balaban J connectivity index is 2.21. The average molecular weight is 312 g/mol. The Morgan fingerprint density at radius 3 is 2.29 bits per heavy atom. The van der Waals surface area contributed by atoms with Crippen molar-refractivity contribution >= 4 is 15.9 Å². The monoisotopic (exact) mass is 312 g/mol. The molecule has 0 aliphatic heterocycles. The Bertz CT molecular complexity index is 604. The van der Waals surface area contributed by atoms with Gasteiger partial charge >= 0.3 is 0 Å². The average Bonchev–Trinajstić information content (AvgIpc) is 2.95. The number of hydrogen-bond acceptors (Lipinski definition) is 4. The molecule has 6 nitrogen and oxygen atoms in total. The zero-order valence-corrected chi connectivity index (χ0v) is 12.7. The van der Waals surface area contributed by atoms with Crippen molar-refractivity contribution < 1.29 is 18.3 Å². The van der Waals surface area contributed by atoms with Gasteiger partial charge in [0, 0.05) is 12.6 Å². The van der Waals surface area contributed by atoms with Crippen LogP contribution in [0, 0.1) is 0 Å². The van der Waals surface area contributed by atoms with Gasteiger partial charge in [0.1, 0.15) is 0 Å². The summed E-state index contributed by atoms with van der Waals surface area (Å²) in [7, 11) is -2.19. The van der Waals surface area contributed by atoms with Crippen molar-refractivity contribution in [2.24, 2.45) is 0 Å². The number of sulfonamides is 1. The van der Waals surface area contributed by atoms with Crippen LogP contribution in [0.2, 0.25) is 0 Å². The summed E-state index contributed by atoms with van der Waals surface area (Å²) in [5, 5.41) is 12.0. The van der Waals surface area contributed by atoms with Gasteiger partial charge in [-0.1, -0.05) is 12.8 Å². The molecule has 0 radical (unpaired) electrons. The number of amides is 1. The van der Waals surface area contributed by atoms with Gasteiger partial charge in [-0.05, 0) is 37.1 Å². The molecule has 1 saturated carbocycles. The number of rotatable bonds is 5. The number of carbonyl (C=O) groups is 1. The van der Waals surface area contributed by atoms with Crippen molar-refractivity contribution in [3.05, 3.63) is 29.8 Å². The summed E-state index contributed by atoms with van der Waals surface area (Å²) < 4.78 is 27.4. The molecular weight excluding hydrogens is 292 g/mol. The fourth-order valence-electron chi connectivity index (χ4n) is 2.62. The fourth-order valence-corrected chi connectivity index (χ4v) is 4.07. The van der Waals surface area contributed by atoms with Gasteiger partial charge in [-0.25, -0.2) is 13.1 Å². The zero-order chi connectivity index (χ0) is 15.5. The highest BCUT2D eigenvalue weighted by atomic mass is 32.2. The van der Waals surface area contributed by atoms with Crippen LogP contribution in [0.25, 0.3) is 0 Å². The summed E-state index contributed by atoms with van der Waals surface area (Å²) in [5.74, 6) is -0.269. The van der Waals surface area contributed by atoms with E-state index in [4.69, 9.17) is 0 Å². The Morgan fingerprint density at radius 2 is 1.81 bits per heavy atom. The maximum atomic E-state index is 12.4. The minimum absolute atomic E-state index is 0.0925. The van der Waals surface area contributed by atoms with Crippen molar-refractivity contribution in [1.29, 1.82) is 0 Å². The first-order valence-electron chi connectivity index (χ1n) is 6.89. The molecule has 0 aromatic heterocycles. The van der Waals surface area contributed by atoms with Gasteiger partial charge in [-0.2, -0.15) is 0 Å². The lowest BCUT2D eigenvalue weighted by molar-refractivity contribution is 0.0963. The SMILES string of the molecule is CNC(=O)c1ccc(S(=O)(=O)NC2(CO)CCCC2)cc1. The predicted octanol–water partition coefficient (Wildman–Crippen LogP) is 0.630. The van der Waals surface area contributed by atoms with Gasteiger partial charge in [0.25, 0.3) is 5.91 Å². The number of hydrogen-bond donors (Lipinski definition) is 3. The topological polar surface area (TPSA) is 95.5 Å². The van der Waals surface area contributed by atoms with E-state index in [0.717, 1.165) is 12.8 Å². The van der Waals surface area contributed by atoms with Gasteiger partial charge in [0.2, 0.25) is 10.0 Å². The molecule has 0 heterocycles. The van der Waals surface area contributed by atoms with E-state index in [1.807, 2.05) is 0 Å². The van der Waals surface area contributed by atoms with Crippen LogP contribution in [-0.4, -0.2) is 38.6 Å². The molecule has 1 fully saturated rings. The molecule has 1 aliphatic rings. The number of carbonyl (C=O) groups excluding carboxylic acids is 1. The summed E-state index contributed by atoms with van der Waals surface area (Å²) in [6.45, 7) is -0.206. The van der Waals surface area contributed by atoms with Gasteiger partial charge in [0.05, 0.1) is 17.0 Å². The van der Waals surface area contributed by atoms with E-state index < -0.39 is 15.6 Å². The van der Waals surface area contributed by atoms with Crippen LogP contribution >= 0.6 is 0 Å². The van der Waals surface area contributed by atoms with Crippen molar-refractivity contribution in [3.8, 4) is 0 Å². The second-order valence-corrected chi connectivity index (χ2v) is 7.04. The zero-order valence-electron chi connectivity index (χ0n) is 11.9. The summed E-state index contributed by atoms with van der Waals surface area (Å²) >= 11 is 0. The lowest BCUT2D eigenvalue weighted by Gasteiger charge is -2.27. The van der Waals surface area contributed by atoms with E-state index in [1.165, 1.54) is 31.3 Å². The highest BCUT2D eigenvalue weighted by molar-refractivity contribution is 7.89. The van der Waals surface area contributed by atoms with Crippen LogP contribution in [0.1, 0.15) is 36.0 Å². The smallest absolute Gasteiger partial charge is 0.251 e. The normalized spacial score (nSPS) is 17.6. The quantitative estimate of drug-likeness (QED) is 0.743. The number of aliphatic hydroxyl groups excluding tert-OH is 1. The maximum absolute atomic E-state index is 12.4. The van der Waals surface area contributed by atoms with E-state index in [9.17, 15) is 18.3 Å². The molecule has 0 atom stereocenters. The van der Waals surface area contributed by atoms with Gasteiger partial charge in [0.15, 0.2) is 0 Å². The number of benzene rings is 1. The molecule has 0 unspecified atom stereocenters. The van der Waals surface area contributed by atoms with Crippen LogP contribution in [0.4, 0.5) is 0 Å². The van der Waals surface area contributed by atoms with Crippen LogP contribution in [0.15, 0.2) is 29.2 Å². The van der Waals surface area contributed by atoms with E-state index in [1.54, 1.807) is 0 Å². The second kappa shape index (κ2) is 6.13. The first-order valence-corrected chi connectivity index (χ1v) is 8.38.